The molecule has 0 amide bonds. The molecule has 2 N–H and O–H groups in total. The van der Waals surface area contributed by atoms with Gasteiger partial charge in [0.2, 0.25) is 0 Å². The summed E-state index contributed by atoms with van der Waals surface area (Å²) in [7, 11) is 0. The van der Waals surface area contributed by atoms with Crippen LogP contribution in [0.25, 0.3) is 10.6 Å². The molecular formula is C11H12BrN3S. The predicted octanol–water partition coefficient (Wildman–Crippen LogP) is 3.67. The summed E-state index contributed by atoms with van der Waals surface area (Å²) < 4.78 is 1.05. The molecule has 0 unspecified atom stereocenters. The lowest BCUT2D eigenvalue weighted by Gasteiger charge is -2.12. The van der Waals surface area contributed by atoms with Crippen molar-refractivity contribution >= 4 is 33.1 Å². The van der Waals surface area contributed by atoms with Crippen molar-refractivity contribution in [3.05, 3.63) is 27.8 Å². The Labute approximate surface area is 107 Å². The molecule has 5 heteroatoms. The molecule has 0 aliphatic heterocycles. The Hall–Kier alpha value is -0.940. The molecule has 2 aromatic rings. The van der Waals surface area contributed by atoms with Crippen LogP contribution in [0.2, 0.25) is 0 Å². The molecule has 2 heterocycles. The van der Waals surface area contributed by atoms with Crippen LogP contribution < -0.4 is 5.73 Å². The Morgan fingerprint density at radius 1 is 1.38 bits per heavy atom. The van der Waals surface area contributed by atoms with Gasteiger partial charge >= 0.3 is 0 Å². The van der Waals surface area contributed by atoms with Crippen molar-refractivity contribution in [3.8, 4) is 10.6 Å². The van der Waals surface area contributed by atoms with E-state index in [-0.39, 0.29) is 0 Å². The molecule has 84 valence electrons. The predicted molar refractivity (Wildman–Crippen MR) is 71.5 cm³/mol. The number of rotatable bonds is 2. The molecule has 0 saturated carbocycles. The Morgan fingerprint density at radius 3 is 2.69 bits per heavy atom. The van der Waals surface area contributed by atoms with Crippen LogP contribution in [0.5, 0.6) is 0 Å². The van der Waals surface area contributed by atoms with E-state index in [1.807, 2.05) is 11.4 Å². The van der Waals surface area contributed by atoms with Gasteiger partial charge in [-0.1, -0.05) is 13.8 Å². The number of anilines is 1. The first kappa shape index (κ1) is 11.5. The highest BCUT2D eigenvalue weighted by Gasteiger charge is 2.17. The highest BCUT2D eigenvalue weighted by molar-refractivity contribution is 9.10. The fraction of sp³-hybridized carbons (Fsp3) is 0.273. The van der Waals surface area contributed by atoms with E-state index >= 15 is 0 Å². The lowest BCUT2D eigenvalue weighted by atomic mass is 10.0. The number of halogens is 1. The van der Waals surface area contributed by atoms with Crippen LogP contribution in [0.4, 0.5) is 5.82 Å². The Kier molecular flexibility index (Phi) is 3.25. The number of nitrogens with two attached hydrogens (primary N) is 1. The summed E-state index contributed by atoms with van der Waals surface area (Å²) in [5, 5.41) is 2.03. The molecule has 16 heavy (non-hydrogen) atoms. The number of nitrogens with zero attached hydrogens (tertiary/aromatic N) is 2. The molecule has 0 atom stereocenters. The van der Waals surface area contributed by atoms with Gasteiger partial charge in [0.15, 0.2) is 0 Å². The Bertz CT molecular complexity index is 508. The number of hydrogen-bond acceptors (Lipinski definition) is 4. The van der Waals surface area contributed by atoms with Crippen LogP contribution >= 0.6 is 27.3 Å². The van der Waals surface area contributed by atoms with E-state index in [0.29, 0.717) is 11.7 Å². The summed E-state index contributed by atoms with van der Waals surface area (Å²) in [6.07, 6.45) is 1.52. The number of hydrogen-bond donors (Lipinski definition) is 1. The first-order chi connectivity index (χ1) is 7.61. The molecule has 0 bridgehead atoms. The van der Waals surface area contributed by atoms with Gasteiger partial charge in [0, 0.05) is 10.0 Å². The van der Waals surface area contributed by atoms with Crippen molar-refractivity contribution in [1.82, 2.24) is 9.97 Å². The first-order valence-electron chi connectivity index (χ1n) is 4.95. The number of aromatic nitrogens is 2. The van der Waals surface area contributed by atoms with Crippen LogP contribution in [-0.2, 0) is 0 Å². The summed E-state index contributed by atoms with van der Waals surface area (Å²) in [5.41, 5.74) is 7.87. The van der Waals surface area contributed by atoms with Crippen LogP contribution in [0, 0.1) is 0 Å². The van der Waals surface area contributed by atoms with Gasteiger partial charge in [-0.25, -0.2) is 9.97 Å². The smallest absolute Gasteiger partial charge is 0.130 e. The summed E-state index contributed by atoms with van der Waals surface area (Å²) in [4.78, 5) is 9.52. The molecule has 0 spiro atoms. The van der Waals surface area contributed by atoms with Crippen LogP contribution in [0.1, 0.15) is 25.3 Å². The molecular weight excluding hydrogens is 286 g/mol. The van der Waals surface area contributed by atoms with Gasteiger partial charge in [-0.2, -0.15) is 0 Å². The molecule has 0 saturated heterocycles. The molecule has 0 aliphatic rings. The fourth-order valence-electron chi connectivity index (χ4n) is 1.62. The summed E-state index contributed by atoms with van der Waals surface area (Å²) in [5.74, 6) is 0.880. The average molecular weight is 298 g/mol. The third-order valence-corrected chi connectivity index (χ3v) is 4.17. The highest BCUT2D eigenvalue weighted by Crippen LogP contribution is 2.37. The van der Waals surface area contributed by atoms with E-state index < -0.39 is 0 Å². The topological polar surface area (TPSA) is 51.8 Å². The fourth-order valence-corrected chi connectivity index (χ4v) is 3.19. The van der Waals surface area contributed by atoms with Gasteiger partial charge in [-0.05, 0) is 33.3 Å². The normalized spacial score (nSPS) is 11.0. The third-order valence-electron chi connectivity index (χ3n) is 2.32. The summed E-state index contributed by atoms with van der Waals surface area (Å²) in [6.45, 7) is 4.19. The average Bonchev–Trinajstić information content (AvgIpc) is 2.63. The first-order valence-corrected chi connectivity index (χ1v) is 6.62. The largest absolute Gasteiger partial charge is 0.383 e. The highest BCUT2D eigenvalue weighted by atomic mass is 79.9. The maximum atomic E-state index is 5.92. The zero-order chi connectivity index (χ0) is 11.7. The van der Waals surface area contributed by atoms with Gasteiger partial charge < -0.3 is 5.73 Å². The second-order valence-corrected chi connectivity index (χ2v) is 5.54. The van der Waals surface area contributed by atoms with E-state index in [1.54, 1.807) is 11.3 Å². The molecule has 2 rings (SSSR count). The van der Waals surface area contributed by atoms with Crippen LogP contribution in [0.15, 0.2) is 22.2 Å². The van der Waals surface area contributed by atoms with Gasteiger partial charge in [0.1, 0.15) is 12.1 Å². The maximum Gasteiger partial charge on any atom is 0.130 e. The van der Waals surface area contributed by atoms with Crippen molar-refractivity contribution in [2.45, 2.75) is 19.8 Å². The zero-order valence-corrected chi connectivity index (χ0v) is 11.5. The van der Waals surface area contributed by atoms with Gasteiger partial charge in [-0.3, -0.25) is 0 Å². The molecule has 0 radical (unpaired) electrons. The second-order valence-electron chi connectivity index (χ2n) is 3.77. The van der Waals surface area contributed by atoms with Crippen molar-refractivity contribution in [3.63, 3.8) is 0 Å². The Balaban J connectivity index is 2.66. The lowest BCUT2D eigenvalue weighted by Crippen LogP contribution is -2.03. The van der Waals surface area contributed by atoms with Crippen molar-refractivity contribution in [2.24, 2.45) is 0 Å². The van der Waals surface area contributed by atoms with Crippen molar-refractivity contribution in [2.75, 3.05) is 5.73 Å². The molecule has 0 aromatic carbocycles. The lowest BCUT2D eigenvalue weighted by molar-refractivity contribution is 0.855. The van der Waals surface area contributed by atoms with E-state index in [4.69, 9.17) is 5.73 Å². The van der Waals surface area contributed by atoms with Crippen molar-refractivity contribution in [1.29, 1.82) is 0 Å². The standard InChI is InChI=1S/C11H12BrN3S/c1-6(2)8-9(14-5-15-11(8)13)10-7(12)3-4-16-10/h3-6H,1-2H3,(H2,13,14,15). The maximum absolute atomic E-state index is 5.92. The van der Waals surface area contributed by atoms with Gasteiger partial charge in [0.05, 0.1) is 10.6 Å². The number of nitrogen functional groups attached to an aromatic ring is 1. The molecule has 0 aliphatic carbocycles. The third kappa shape index (κ3) is 1.97. The van der Waals surface area contributed by atoms with Crippen molar-refractivity contribution < 1.29 is 0 Å². The SMILES string of the molecule is CC(C)c1c(N)ncnc1-c1sccc1Br. The van der Waals surface area contributed by atoms with Gasteiger partial charge in [-0.15, -0.1) is 11.3 Å². The monoisotopic (exact) mass is 297 g/mol. The zero-order valence-electron chi connectivity index (χ0n) is 9.07. The van der Waals surface area contributed by atoms with Crippen LogP contribution in [0.3, 0.4) is 0 Å². The second kappa shape index (κ2) is 4.51. The molecule has 0 fully saturated rings. The number of thiophene rings is 1. The van der Waals surface area contributed by atoms with E-state index in [0.717, 1.165) is 20.6 Å². The van der Waals surface area contributed by atoms with E-state index in [2.05, 4.69) is 39.7 Å². The minimum Gasteiger partial charge on any atom is -0.383 e. The molecule has 3 nitrogen and oxygen atoms in total. The van der Waals surface area contributed by atoms with Crippen LogP contribution in [-0.4, -0.2) is 9.97 Å². The molecule has 2 aromatic heterocycles. The minimum absolute atomic E-state index is 0.310. The quantitative estimate of drug-likeness (QED) is 0.920. The Morgan fingerprint density at radius 2 is 2.12 bits per heavy atom. The summed E-state index contributed by atoms with van der Waals surface area (Å²) in [6, 6.07) is 2.02. The van der Waals surface area contributed by atoms with E-state index in [1.165, 1.54) is 6.33 Å². The minimum atomic E-state index is 0.310. The summed E-state index contributed by atoms with van der Waals surface area (Å²) >= 11 is 5.17. The van der Waals surface area contributed by atoms with Gasteiger partial charge in [0.25, 0.3) is 0 Å². The van der Waals surface area contributed by atoms with E-state index in [9.17, 15) is 0 Å².